The van der Waals surface area contributed by atoms with Crippen LogP contribution in [0.1, 0.15) is 20.9 Å². The smallest absolute Gasteiger partial charge is 0.251 e. The minimum atomic E-state index is -0.0709. The lowest BCUT2D eigenvalue weighted by Crippen LogP contribution is -2.25. The van der Waals surface area contributed by atoms with Crippen molar-refractivity contribution >= 4 is 22.9 Å². The molecule has 0 aliphatic carbocycles. The molecule has 0 saturated heterocycles. The number of aromatic nitrogens is 2. The van der Waals surface area contributed by atoms with Crippen molar-refractivity contribution in [2.75, 3.05) is 6.54 Å². The average Bonchev–Trinajstić information content (AvgIpc) is 3.36. The van der Waals surface area contributed by atoms with E-state index in [-0.39, 0.29) is 5.91 Å². The van der Waals surface area contributed by atoms with Crippen molar-refractivity contribution < 1.29 is 9.53 Å². The molecule has 0 aliphatic rings. The summed E-state index contributed by atoms with van der Waals surface area (Å²) < 4.78 is 7.74. The SMILES string of the molecule is O=C(NCCc1cccs1)c1ccc(OCc2cn3ccccc3n2)cc1. The zero-order valence-electron chi connectivity index (χ0n) is 14.7. The summed E-state index contributed by atoms with van der Waals surface area (Å²) in [6, 6.07) is 17.1. The summed E-state index contributed by atoms with van der Waals surface area (Å²) in [5.74, 6) is 0.639. The molecule has 0 saturated carbocycles. The summed E-state index contributed by atoms with van der Waals surface area (Å²) in [5, 5.41) is 4.99. The van der Waals surface area contributed by atoms with E-state index >= 15 is 0 Å². The number of nitrogens with one attached hydrogen (secondary N) is 1. The van der Waals surface area contributed by atoms with Crippen LogP contribution in [0.5, 0.6) is 5.75 Å². The van der Waals surface area contributed by atoms with Gasteiger partial charge in [-0.1, -0.05) is 12.1 Å². The van der Waals surface area contributed by atoms with Crippen LogP contribution in [0, 0.1) is 0 Å². The first-order chi connectivity index (χ1) is 13.3. The van der Waals surface area contributed by atoms with Gasteiger partial charge >= 0.3 is 0 Å². The molecule has 1 aromatic carbocycles. The molecule has 0 bridgehead atoms. The lowest BCUT2D eigenvalue weighted by atomic mass is 10.2. The van der Waals surface area contributed by atoms with Crippen molar-refractivity contribution in [1.82, 2.24) is 14.7 Å². The van der Waals surface area contributed by atoms with Gasteiger partial charge in [-0.15, -0.1) is 11.3 Å². The Morgan fingerprint density at radius 1 is 1.11 bits per heavy atom. The van der Waals surface area contributed by atoms with Crippen molar-refractivity contribution in [2.45, 2.75) is 13.0 Å². The highest BCUT2D eigenvalue weighted by Gasteiger charge is 2.06. The number of carbonyl (C=O) groups excluding carboxylic acids is 1. The number of amides is 1. The van der Waals surface area contributed by atoms with E-state index < -0.39 is 0 Å². The summed E-state index contributed by atoms with van der Waals surface area (Å²) >= 11 is 1.70. The summed E-state index contributed by atoms with van der Waals surface area (Å²) in [6.45, 7) is 1.01. The number of thiophene rings is 1. The predicted molar refractivity (Wildman–Crippen MR) is 106 cm³/mol. The molecule has 3 heterocycles. The number of imidazole rings is 1. The number of ether oxygens (including phenoxy) is 1. The number of nitrogens with zero attached hydrogens (tertiary/aromatic N) is 2. The van der Waals surface area contributed by atoms with E-state index in [1.54, 1.807) is 23.5 Å². The van der Waals surface area contributed by atoms with Crippen LogP contribution in [0.25, 0.3) is 5.65 Å². The van der Waals surface area contributed by atoms with Gasteiger partial charge in [0.05, 0.1) is 5.69 Å². The molecule has 5 nitrogen and oxygen atoms in total. The maximum Gasteiger partial charge on any atom is 0.251 e. The van der Waals surface area contributed by atoms with E-state index in [4.69, 9.17) is 4.74 Å². The Bertz CT molecular complexity index is 990. The van der Waals surface area contributed by atoms with Crippen molar-refractivity contribution in [2.24, 2.45) is 0 Å². The first-order valence-corrected chi connectivity index (χ1v) is 9.62. The Morgan fingerprint density at radius 3 is 2.78 bits per heavy atom. The Hall–Kier alpha value is -3.12. The van der Waals surface area contributed by atoms with Crippen LogP contribution in [0.4, 0.5) is 0 Å². The van der Waals surface area contributed by atoms with Gasteiger partial charge in [0.25, 0.3) is 5.91 Å². The summed E-state index contributed by atoms with van der Waals surface area (Å²) in [6.07, 6.45) is 4.76. The first-order valence-electron chi connectivity index (χ1n) is 8.74. The largest absolute Gasteiger partial charge is 0.487 e. The predicted octanol–water partition coefficient (Wildman–Crippen LogP) is 3.95. The molecule has 0 radical (unpaired) electrons. The number of fused-ring (bicyclic) bond motifs is 1. The van der Waals surface area contributed by atoms with Crippen LogP contribution in [-0.2, 0) is 13.0 Å². The molecule has 27 heavy (non-hydrogen) atoms. The summed E-state index contributed by atoms with van der Waals surface area (Å²) in [4.78, 5) is 18.0. The van der Waals surface area contributed by atoms with E-state index in [2.05, 4.69) is 16.4 Å². The Balaban J connectivity index is 1.29. The van der Waals surface area contributed by atoms with E-state index in [1.165, 1.54) is 4.88 Å². The highest BCUT2D eigenvalue weighted by molar-refractivity contribution is 7.09. The fourth-order valence-electron chi connectivity index (χ4n) is 2.77. The van der Waals surface area contributed by atoms with Gasteiger partial charge in [-0.05, 0) is 54.3 Å². The molecular formula is C21H19N3O2S. The number of hydrogen-bond acceptors (Lipinski definition) is 4. The minimum absolute atomic E-state index is 0.0709. The Labute approximate surface area is 161 Å². The van der Waals surface area contributed by atoms with Gasteiger partial charge in [0.1, 0.15) is 18.0 Å². The second kappa shape index (κ2) is 8.05. The minimum Gasteiger partial charge on any atom is -0.487 e. The van der Waals surface area contributed by atoms with Gasteiger partial charge in [0, 0.05) is 29.4 Å². The van der Waals surface area contributed by atoms with E-state index in [1.807, 2.05) is 58.6 Å². The lowest BCUT2D eigenvalue weighted by Gasteiger charge is -2.07. The fraction of sp³-hybridized carbons (Fsp3) is 0.143. The maximum absolute atomic E-state index is 12.2. The monoisotopic (exact) mass is 377 g/mol. The molecule has 0 aliphatic heterocycles. The number of carbonyl (C=O) groups is 1. The van der Waals surface area contributed by atoms with Gasteiger partial charge in [0.2, 0.25) is 0 Å². The second-order valence-corrected chi connectivity index (χ2v) is 7.13. The standard InChI is InChI=1S/C21H19N3O2S/c25-21(22-11-10-19-4-3-13-27-19)16-6-8-18(9-7-16)26-15-17-14-24-12-2-1-5-20(24)23-17/h1-9,12-14H,10-11,15H2,(H,22,25). The van der Waals surface area contributed by atoms with Crippen molar-refractivity contribution in [3.8, 4) is 5.75 Å². The molecule has 0 atom stereocenters. The lowest BCUT2D eigenvalue weighted by molar-refractivity contribution is 0.0954. The first kappa shape index (κ1) is 17.3. The van der Waals surface area contributed by atoms with Gasteiger partial charge in [-0.2, -0.15) is 0 Å². The van der Waals surface area contributed by atoms with E-state index in [9.17, 15) is 4.79 Å². The third kappa shape index (κ3) is 4.35. The summed E-state index contributed by atoms with van der Waals surface area (Å²) in [7, 11) is 0. The molecule has 0 spiro atoms. The van der Waals surface area contributed by atoms with Crippen LogP contribution in [0.3, 0.4) is 0 Å². The Kier molecular flexibility index (Phi) is 5.16. The third-order valence-corrected chi connectivity index (χ3v) is 5.09. The molecule has 6 heteroatoms. The fourth-order valence-corrected chi connectivity index (χ4v) is 3.48. The Morgan fingerprint density at radius 2 is 2.00 bits per heavy atom. The van der Waals surface area contributed by atoms with E-state index in [0.29, 0.717) is 24.5 Å². The van der Waals surface area contributed by atoms with Crippen LogP contribution in [0.2, 0.25) is 0 Å². The quantitative estimate of drug-likeness (QED) is 0.531. The molecule has 136 valence electrons. The van der Waals surface area contributed by atoms with Crippen molar-refractivity contribution in [3.05, 3.63) is 88.5 Å². The number of hydrogen-bond donors (Lipinski definition) is 1. The molecule has 1 N–H and O–H groups in total. The van der Waals surface area contributed by atoms with Crippen molar-refractivity contribution in [1.29, 1.82) is 0 Å². The van der Waals surface area contributed by atoms with Gasteiger partial charge in [0.15, 0.2) is 0 Å². The second-order valence-electron chi connectivity index (χ2n) is 6.10. The molecule has 4 rings (SSSR count). The average molecular weight is 377 g/mol. The molecule has 0 fully saturated rings. The molecular weight excluding hydrogens is 358 g/mol. The molecule has 3 aromatic heterocycles. The van der Waals surface area contributed by atoms with Gasteiger partial charge < -0.3 is 14.5 Å². The number of benzene rings is 1. The van der Waals surface area contributed by atoms with E-state index in [0.717, 1.165) is 17.8 Å². The normalized spacial score (nSPS) is 10.8. The molecule has 1 amide bonds. The number of pyridine rings is 1. The van der Waals surface area contributed by atoms with Crippen LogP contribution in [-0.4, -0.2) is 21.8 Å². The zero-order valence-corrected chi connectivity index (χ0v) is 15.5. The van der Waals surface area contributed by atoms with Crippen LogP contribution in [0.15, 0.2) is 72.4 Å². The topological polar surface area (TPSA) is 55.6 Å². The summed E-state index contributed by atoms with van der Waals surface area (Å²) in [5.41, 5.74) is 2.38. The van der Waals surface area contributed by atoms with Crippen molar-refractivity contribution in [3.63, 3.8) is 0 Å². The third-order valence-electron chi connectivity index (χ3n) is 4.15. The molecule has 4 aromatic rings. The van der Waals surface area contributed by atoms with Gasteiger partial charge in [-0.25, -0.2) is 4.98 Å². The number of rotatable bonds is 7. The highest BCUT2D eigenvalue weighted by Crippen LogP contribution is 2.15. The highest BCUT2D eigenvalue weighted by atomic mass is 32.1. The molecule has 0 unspecified atom stereocenters. The van der Waals surface area contributed by atoms with Crippen LogP contribution < -0.4 is 10.1 Å². The van der Waals surface area contributed by atoms with Crippen LogP contribution >= 0.6 is 11.3 Å². The maximum atomic E-state index is 12.2. The zero-order chi connectivity index (χ0) is 18.5. The van der Waals surface area contributed by atoms with Gasteiger partial charge in [-0.3, -0.25) is 4.79 Å².